The molecule has 1 aromatic rings. The Morgan fingerprint density at radius 3 is 2.00 bits per heavy atom. The van der Waals surface area contributed by atoms with Gasteiger partial charge in [0.2, 0.25) is 0 Å². The van der Waals surface area contributed by atoms with Gasteiger partial charge >= 0.3 is 0 Å². The molecule has 0 aromatic heterocycles. The molecule has 0 aliphatic carbocycles. The van der Waals surface area contributed by atoms with E-state index in [9.17, 15) is 9.59 Å². The van der Waals surface area contributed by atoms with E-state index in [1.165, 1.54) is 18.7 Å². The summed E-state index contributed by atoms with van der Waals surface area (Å²) in [6.07, 6.45) is 0. The number of aliphatic imine (C=N–C) groups is 1. The summed E-state index contributed by atoms with van der Waals surface area (Å²) < 4.78 is 0. The van der Waals surface area contributed by atoms with Crippen LogP contribution in [-0.4, -0.2) is 31.2 Å². The van der Waals surface area contributed by atoms with Gasteiger partial charge in [0.05, 0.1) is 5.69 Å². The van der Waals surface area contributed by atoms with Gasteiger partial charge in [-0.05, 0) is 64.7 Å². The third-order valence-electron chi connectivity index (χ3n) is 3.03. The first-order chi connectivity index (χ1) is 10.3. The lowest BCUT2D eigenvalue weighted by Gasteiger charge is -2.02. The average molecular weight is 320 g/mol. The van der Waals surface area contributed by atoms with Gasteiger partial charge in [-0.2, -0.15) is 0 Å². The van der Waals surface area contributed by atoms with Gasteiger partial charge in [-0.1, -0.05) is 12.1 Å². The second-order valence-electron chi connectivity index (χ2n) is 4.63. The van der Waals surface area contributed by atoms with E-state index in [0.29, 0.717) is 11.1 Å². The molecule has 0 aliphatic rings. The maximum Gasteiger partial charge on any atom is 0.155 e. The molecule has 0 atom stereocenters. The molecule has 0 saturated heterocycles. The normalized spacial score (nSPS) is 11.0. The molecule has 0 amide bonds. The summed E-state index contributed by atoms with van der Waals surface area (Å²) in [5, 5.41) is 3.07. The van der Waals surface area contributed by atoms with Crippen molar-refractivity contribution in [2.24, 2.45) is 4.99 Å². The third kappa shape index (κ3) is 7.33. The lowest BCUT2D eigenvalue weighted by molar-refractivity contribution is -0.116. The van der Waals surface area contributed by atoms with Gasteiger partial charge in [0.1, 0.15) is 0 Å². The van der Waals surface area contributed by atoms with Crippen molar-refractivity contribution in [3.05, 3.63) is 35.4 Å². The van der Waals surface area contributed by atoms with Crippen molar-refractivity contribution in [1.29, 1.82) is 0 Å². The Bertz CT molecular complexity index is 544. The fourth-order valence-electron chi connectivity index (χ4n) is 1.39. The highest BCUT2D eigenvalue weighted by Crippen LogP contribution is 2.27. The predicted octanol–water partition coefficient (Wildman–Crippen LogP) is 3.79. The molecule has 0 heterocycles. The van der Waals surface area contributed by atoms with Crippen molar-refractivity contribution in [3.8, 4) is 0 Å². The average Bonchev–Trinajstić information content (AvgIpc) is 2.52. The first-order valence-corrected chi connectivity index (χ1v) is 7.86. The van der Waals surface area contributed by atoms with E-state index < -0.39 is 0 Å². The number of para-hydroxylation sites is 1. The van der Waals surface area contributed by atoms with Gasteiger partial charge in [-0.25, -0.2) is 0 Å². The Hall–Kier alpha value is -1.72. The molecule has 22 heavy (non-hydrogen) atoms. The summed E-state index contributed by atoms with van der Waals surface area (Å²) in [5.41, 5.74) is 2.08. The van der Waals surface area contributed by atoms with Crippen molar-refractivity contribution in [1.82, 2.24) is 5.32 Å². The number of hydrogen-bond acceptors (Lipinski definition) is 5. The van der Waals surface area contributed by atoms with Crippen molar-refractivity contribution in [2.75, 3.05) is 12.9 Å². The first kappa shape index (κ1) is 20.3. The van der Waals surface area contributed by atoms with Crippen LogP contribution >= 0.6 is 11.8 Å². The van der Waals surface area contributed by atoms with Crippen LogP contribution in [0.5, 0.6) is 0 Å². The number of benzene rings is 1. The van der Waals surface area contributed by atoms with Gasteiger partial charge in [-0.15, -0.1) is 11.8 Å². The number of ketones is 2. The Kier molecular flexibility index (Phi) is 10.1. The molecule has 0 fully saturated rings. The van der Waals surface area contributed by atoms with Gasteiger partial charge < -0.3 is 5.32 Å². The maximum atomic E-state index is 10.7. The molecule has 1 rings (SSSR count). The van der Waals surface area contributed by atoms with Crippen molar-refractivity contribution in [2.45, 2.75) is 32.6 Å². The number of allylic oxidation sites excluding steroid dienone is 2. The van der Waals surface area contributed by atoms with E-state index in [1.807, 2.05) is 31.3 Å². The second kappa shape index (κ2) is 10.9. The molecule has 0 unspecified atom stereocenters. The quantitative estimate of drug-likeness (QED) is 0.375. The van der Waals surface area contributed by atoms with Gasteiger partial charge in [0, 0.05) is 10.8 Å². The Balaban J connectivity index is 0.000000409. The number of nitrogens with zero attached hydrogens (tertiary/aromatic N) is 1. The zero-order chi connectivity index (χ0) is 17.1. The topological polar surface area (TPSA) is 58.5 Å². The number of thioether (sulfide) groups is 1. The molecule has 0 spiro atoms. The van der Waals surface area contributed by atoms with Crippen LogP contribution in [0.3, 0.4) is 0 Å². The minimum atomic E-state index is -0.0345. The SMILES string of the molecule is C=Nc1ccccc1SCNC.CC(=O)/C(C)=C(/C)C(C)=O. The molecule has 1 aromatic carbocycles. The molecule has 0 radical (unpaired) electrons. The highest BCUT2D eigenvalue weighted by Gasteiger charge is 2.04. The lowest BCUT2D eigenvalue weighted by atomic mass is 10.1. The highest BCUT2D eigenvalue weighted by atomic mass is 32.2. The van der Waals surface area contributed by atoms with Gasteiger partial charge in [0.25, 0.3) is 0 Å². The fraction of sp³-hybridized carbons (Fsp3) is 0.353. The van der Waals surface area contributed by atoms with E-state index in [4.69, 9.17) is 0 Å². The van der Waals surface area contributed by atoms with Crippen LogP contribution in [0.4, 0.5) is 5.69 Å². The molecular weight excluding hydrogens is 296 g/mol. The first-order valence-electron chi connectivity index (χ1n) is 6.87. The third-order valence-corrected chi connectivity index (χ3v) is 4.12. The number of carbonyl (C=O) groups is 2. The predicted molar refractivity (Wildman–Crippen MR) is 95.2 cm³/mol. The van der Waals surface area contributed by atoms with E-state index in [1.54, 1.807) is 25.6 Å². The minimum Gasteiger partial charge on any atom is -0.311 e. The number of nitrogens with one attached hydrogen (secondary N) is 1. The molecule has 0 aliphatic heterocycles. The molecular formula is C17H24N2O2S. The molecule has 0 bridgehead atoms. The molecule has 5 heteroatoms. The minimum absolute atomic E-state index is 0.0345. The zero-order valence-corrected chi connectivity index (χ0v) is 14.7. The summed E-state index contributed by atoms with van der Waals surface area (Å²) in [4.78, 5) is 26.5. The summed E-state index contributed by atoms with van der Waals surface area (Å²) in [5.74, 6) is 0.826. The van der Waals surface area contributed by atoms with Crippen molar-refractivity contribution in [3.63, 3.8) is 0 Å². The smallest absolute Gasteiger partial charge is 0.155 e. The van der Waals surface area contributed by atoms with Crippen LogP contribution in [0.1, 0.15) is 27.7 Å². The van der Waals surface area contributed by atoms with Crippen LogP contribution in [0.15, 0.2) is 45.3 Å². The Labute approximate surface area is 137 Å². The molecule has 0 saturated carbocycles. The maximum absolute atomic E-state index is 10.7. The van der Waals surface area contributed by atoms with Gasteiger partial charge in [-0.3, -0.25) is 14.6 Å². The zero-order valence-electron chi connectivity index (χ0n) is 13.9. The largest absolute Gasteiger partial charge is 0.311 e. The van der Waals surface area contributed by atoms with Crippen LogP contribution in [0, 0.1) is 0 Å². The molecule has 120 valence electrons. The van der Waals surface area contributed by atoms with E-state index in [0.717, 1.165) is 11.6 Å². The number of hydrogen-bond donors (Lipinski definition) is 1. The van der Waals surface area contributed by atoms with Crippen molar-refractivity contribution >= 4 is 35.7 Å². The van der Waals surface area contributed by atoms with Crippen LogP contribution in [0.2, 0.25) is 0 Å². The Morgan fingerprint density at radius 2 is 1.59 bits per heavy atom. The van der Waals surface area contributed by atoms with E-state index in [-0.39, 0.29) is 11.6 Å². The van der Waals surface area contributed by atoms with Crippen LogP contribution in [-0.2, 0) is 9.59 Å². The lowest BCUT2D eigenvalue weighted by Crippen LogP contribution is -2.02. The summed E-state index contributed by atoms with van der Waals surface area (Å²) in [6, 6.07) is 7.98. The summed E-state index contributed by atoms with van der Waals surface area (Å²) in [7, 11) is 1.93. The number of carbonyl (C=O) groups excluding carboxylic acids is 2. The standard InChI is InChI=1S/C9H12N2S.C8H12O2/c1-10-7-12-9-6-4-3-5-8(9)11-2;1-5(7(3)9)6(2)8(4)10/h3-6,10H,2,7H2,1H3;1-4H3/b;6-5-. The monoisotopic (exact) mass is 320 g/mol. The second-order valence-corrected chi connectivity index (χ2v) is 5.65. The van der Waals surface area contributed by atoms with Crippen LogP contribution < -0.4 is 5.32 Å². The van der Waals surface area contributed by atoms with Crippen molar-refractivity contribution < 1.29 is 9.59 Å². The van der Waals surface area contributed by atoms with Gasteiger partial charge in [0.15, 0.2) is 11.6 Å². The highest BCUT2D eigenvalue weighted by molar-refractivity contribution is 7.99. The number of Topliss-reactive ketones (excluding diaryl/α,β-unsaturated/α-hetero) is 2. The summed E-state index contributed by atoms with van der Waals surface area (Å²) in [6.45, 7) is 9.77. The fourth-order valence-corrected chi connectivity index (χ4v) is 2.14. The van der Waals surface area contributed by atoms with E-state index in [2.05, 4.69) is 17.0 Å². The molecule has 4 nitrogen and oxygen atoms in total. The van der Waals surface area contributed by atoms with E-state index >= 15 is 0 Å². The van der Waals surface area contributed by atoms with Crippen LogP contribution in [0.25, 0.3) is 0 Å². The molecule has 1 N–H and O–H groups in total. The number of rotatable bonds is 6. The Morgan fingerprint density at radius 1 is 1.09 bits per heavy atom. The summed E-state index contributed by atoms with van der Waals surface area (Å²) >= 11 is 1.73.